The number of hydrogen-bond donors (Lipinski definition) is 0. The molecule has 0 heterocycles. The summed E-state index contributed by atoms with van der Waals surface area (Å²) in [5.74, 6) is -3.21. The van der Waals surface area contributed by atoms with Crippen LogP contribution in [0.5, 0.6) is 0 Å². The minimum absolute atomic E-state index is 0. The molecule has 6 nitrogen and oxygen atoms in total. The fourth-order valence-corrected chi connectivity index (χ4v) is 7.49. The maximum Gasteiger partial charge on any atom is 2.00 e. The summed E-state index contributed by atoms with van der Waals surface area (Å²) in [6, 6.07) is 24.0. The number of rotatable bonds is 6. The molecule has 0 saturated carbocycles. The van der Waals surface area contributed by atoms with Gasteiger partial charge in [-0.05, 0) is 81.7 Å². The molecule has 0 radical (unpaired) electrons. The number of hydrogen-bond acceptors (Lipinski definition) is 6. The zero-order valence-electron chi connectivity index (χ0n) is 31.1. The van der Waals surface area contributed by atoms with Gasteiger partial charge < -0.3 is 19.8 Å². The predicted molar refractivity (Wildman–Crippen MR) is 192 cm³/mol. The Hall–Kier alpha value is -4.22. The van der Waals surface area contributed by atoms with Crippen LogP contribution < -0.4 is 10.2 Å². The van der Waals surface area contributed by atoms with Crippen molar-refractivity contribution in [2.24, 2.45) is 0 Å². The zero-order valence-corrected chi connectivity index (χ0v) is 34.0. The topological polar surface area (TPSA) is 114 Å². The number of carboxylic acid groups (broad SMARTS) is 2. The van der Waals surface area contributed by atoms with Crippen LogP contribution in [0, 0.1) is 0 Å². The molecule has 0 bridgehead atoms. The second-order valence-electron chi connectivity index (χ2n) is 16.4. The summed E-state index contributed by atoms with van der Waals surface area (Å²) in [6.07, 6.45) is 4.32. The van der Waals surface area contributed by atoms with Gasteiger partial charge in [0.05, 0.1) is 11.9 Å². The van der Waals surface area contributed by atoms with Gasteiger partial charge in [-0.15, -0.1) is 0 Å². The third-order valence-electron chi connectivity index (χ3n) is 11.0. The first-order chi connectivity index (χ1) is 23.3. The number of fused-ring (bicyclic) bond motifs is 2. The van der Waals surface area contributed by atoms with Crippen LogP contribution in [0.3, 0.4) is 0 Å². The molecule has 0 aromatic heterocycles. The molecule has 51 heavy (non-hydrogen) atoms. The Bertz CT molecular complexity index is 1870. The van der Waals surface area contributed by atoms with Crippen molar-refractivity contribution in [2.75, 3.05) is 0 Å². The van der Waals surface area contributed by atoms with Gasteiger partial charge in [0.15, 0.2) is 11.6 Å². The molecular weight excluding hydrogens is 690 g/mol. The van der Waals surface area contributed by atoms with Crippen molar-refractivity contribution in [3.63, 3.8) is 0 Å². The second kappa shape index (κ2) is 14.4. The van der Waals surface area contributed by atoms with Gasteiger partial charge in [-0.2, -0.15) is 0 Å². The van der Waals surface area contributed by atoms with Crippen LogP contribution in [0.4, 0.5) is 0 Å². The van der Waals surface area contributed by atoms with Crippen molar-refractivity contribution >= 4 is 23.5 Å². The van der Waals surface area contributed by atoms with E-state index in [2.05, 4.69) is 55.4 Å². The quantitative estimate of drug-likeness (QED) is 0.152. The van der Waals surface area contributed by atoms with Crippen molar-refractivity contribution in [1.82, 2.24) is 0 Å². The van der Waals surface area contributed by atoms with Crippen LogP contribution in [0.1, 0.15) is 156 Å². The third kappa shape index (κ3) is 7.84. The first-order valence-corrected chi connectivity index (χ1v) is 17.3. The minimum atomic E-state index is -1.33. The molecular formula is C44H46O6Zn. The van der Waals surface area contributed by atoms with E-state index in [-0.39, 0.29) is 75.0 Å². The number of carboxylic acids is 2. The largest absolute Gasteiger partial charge is 2.00 e. The first kappa shape index (κ1) is 39.6. The van der Waals surface area contributed by atoms with Crippen LogP contribution in [0.15, 0.2) is 84.9 Å². The van der Waals surface area contributed by atoms with Crippen LogP contribution in [-0.4, -0.2) is 23.5 Å². The van der Waals surface area contributed by atoms with Crippen molar-refractivity contribution < 1.29 is 48.9 Å². The van der Waals surface area contributed by atoms with Gasteiger partial charge >= 0.3 is 19.5 Å². The summed E-state index contributed by atoms with van der Waals surface area (Å²) in [6.45, 7) is 17.7. The molecule has 4 aromatic carbocycles. The SMILES string of the molecule is CC1(C)CCC(C)(C)c2cc(C(=O)c3ccccc3C(=O)[O-])ccc21.CC1(C)CCC(C)(C)c2cc(C(=O)c3ccccc3C(=O)[O-])ccc21.[Zn+2]. The van der Waals surface area contributed by atoms with E-state index >= 15 is 0 Å². The summed E-state index contributed by atoms with van der Waals surface area (Å²) in [5, 5.41) is 22.6. The normalized spacial score (nSPS) is 17.3. The fourth-order valence-electron chi connectivity index (χ4n) is 7.49. The summed E-state index contributed by atoms with van der Waals surface area (Å²) >= 11 is 0. The number of aromatic carboxylic acids is 2. The molecule has 0 aliphatic heterocycles. The van der Waals surface area contributed by atoms with E-state index in [9.17, 15) is 29.4 Å². The molecule has 2 aliphatic rings. The van der Waals surface area contributed by atoms with Crippen LogP contribution >= 0.6 is 0 Å². The minimum Gasteiger partial charge on any atom is -0.545 e. The van der Waals surface area contributed by atoms with Crippen molar-refractivity contribution in [3.05, 3.63) is 141 Å². The van der Waals surface area contributed by atoms with Gasteiger partial charge in [-0.1, -0.05) is 128 Å². The average Bonchev–Trinajstić information content (AvgIpc) is 3.08. The van der Waals surface area contributed by atoms with Gasteiger partial charge in [0.25, 0.3) is 0 Å². The van der Waals surface area contributed by atoms with E-state index in [1.54, 1.807) is 36.4 Å². The molecule has 2 aliphatic carbocycles. The molecule has 0 fully saturated rings. The Balaban J connectivity index is 0.000000224. The van der Waals surface area contributed by atoms with E-state index in [4.69, 9.17) is 0 Å². The van der Waals surface area contributed by atoms with E-state index < -0.39 is 11.9 Å². The van der Waals surface area contributed by atoms with Gasteiger partial charge in [-0.3, -0.25) is 9.59 Å². The van der Waals surface area contributed by atoms with Gasteiger partial charge in [0.1, 0.15) is 0 Å². The molecule has 0 N–H and O–H groups in total. The van der Waals surface area contributed by atoms with Gasteiger partial charge in [0.2, 0.25) is 0 Å². The molecule has 0 spiro atoms. The van der Waals surface area contributed by atoms with E-state index in [0.29, 0.717) is 11.1 Å². The fraction of sp³-hybridized carbons (Fsp3) is 0.364. The molecule has 0 atom stereocenters. The maximum absolute atomic E-state index is 12.9. The van der Waals surface area contributed by atoms with Crippen LogP contribution in [0.25, 0.3) is 0 Å². The number of carbonyl (C=O) groups is 4. The van der Waals surface area contributed by atoms with Crippen LogP contribution in [-0.2, 0) is 41.1 Å². The van der Waals surface area contributed by atoms with Crippen molar-refractivity contribution in [1.29, 1.82) is 0 Å². The first-order valence-electron chi connectivity index (χ1n) is 17.3. The number of ketones is 2. The van der Waals surface area contributed by atoms with E-state index in [1.807, 2.05) is 36.4 Å². The number of carbonyl (C=O) groups excluding carboxylic acids is 4. The Kier molecular flexibility index (Phi) is 11.2. The summed E-state index contributed by atoms with van der Waals surface area (Å²) in [5.41, 5.74) is 6.33. The van der Waals surface area contributed by atoms with Gasteiger partial charge in [-0.25, -0.2) is 0 Å². The monoisotopic (exact) mass is 734 g/mol. The molecule has 0 saturated heterocycles. The van der Waals surface area contributed by atoms with Crippen molar-refractivity contribution in [2.45, 2.75) is 103 Å². The van der Waals surface area contributed by atoms with Crippen LogP contribution in [0.2, 0.25) is 0 Å². The molecule has 4 aromatic rings. The Labute approximate surface area is 314 Å². The average molecular weight is 736 g/mol. The molecule has 0 amide bonds. The second-order valence-corrected chi connectivity index (χ2v) is 16.4. The van der Waals surface area contributed by atoms with Crippen molar-refractivity contribution in [3.8, 4) is 0 Å². The molecule has 260 valence electrons. The predicted octanol–water partition coefficient (Wildman–Crippen LogP) is 7.26. The summed E-state index contributed by atoms with van der Waals surface area (Å²) < 4.78 is 0. The standard InChI is InChI=1S/2C22H24O3.Zn/c2*1-21(2)11-12-22(3,4)18-13-14(9-10-17(18)21)19(23)15-7-5-6-8-16(15)20(24)25;/h2*5-10,13H,11-12H2,1-4H3,(H,24,25);/q;;+2/p-2. The van der Waals surface area contributed by atoms with Gasteiger partial charge in [0, 0.05) is 33.4 Å². The smallest absolute Gasteiger partial charge is 0.545 e. The molecule has 7 heteroatoms. The Morgan fingerprint density at radius 3 is 1.00 bits per heavy atom. The Morgan fingerprint density at radius 1 is 0.431 bits per heavy atom. The maximum atomic E-state index is 12.9. The molecule has 0 unspecified atom stereocenters. The summed E-state index contributed by atoms with van der Waals surface area (Å²) in [4.78, 5) is 48.5. The number of benzene rings is 4. The zero-order chi connectivity index (χ0) is 36.8. The van der Waals surface area contributed by atoms with E-state index in [0.717, 1.165) is 25.7 Å². The van der Waals surface area contributed by atoms with E-state index in [1.165, 1.54) is 34.4 Å². The summed E-state index contributed by atoms with van der Waals surface area (Å²) in [7, 11) is 0. The molecule has 6 rings (SSSR count). The third-order valence-corrected chi connectivity index (χ3v) is 11.0. The Morgan fingerprint density at radius 2 is 0.706 bits per heavy atom.